The van der Waals surface area contributed by atoms with E-state index in [0.29, 0.717) is 0 Å². The normalized spacial score (nSPS) is 15.1. The Balaban J connectivity index is 1.66. The first-order valence-corrected chi connectivity index (χ1v) is 12.7. The molecule has 0 aliphatic carbocycles. The van der Waals surface area contributed by atoms with E-state index in [9.17, 15) is 28.8 Å². The number of carbonyl (C=O) groups excluding carboxylic acids is 6. The van der Waals surface area contributed by atoms with Crippen LogP contribution < -0.4 is 31.9 Å². The highest BCUT2D eigenvalue weighted by atomic mass is 16.2. The molecule has 42 heavy (non-hydrogen) atoms. The molecular weight excluding hydrogens is 540 g/mol. The molecule has 0 saturated carbocycles. The van der Waals surface area contributed by atoms with Gasteiger partial charge in [-0.3, -0.25) is 28.8 Å². The van der Waals surface area contributed by atoms with Gasteiger partial charge in [0.1, 0.15) is 0 Å². The molecule has 0 unspecified atom stereocenters. The van der Waals surface area contributed by atoms with E-state index in [1.807, 2.05) is 0 Å². The van der Waals surface area contributed by atoms with E-state index >= 15 is 0 Å². The molecule has 204 valence electrons. The van der Waals surface area contributed by atoms with Crippen molar-refractivity contribution in [1.29, 1.82) is 0 Å². The predicted molar refractivity (Wildman–Crippen MR) is 153 cm³/mol. The van der Waals surface area contributed by atoms with Crippen LogP contribution in [0.2, 0.25) is 0 Å². The summed E-state index contributed by atoms with van der Waals surface area (Å²) >= 11 is 0. The Labute approximate surface area is 236 Å². The van der Waals surface area contributed by atoms with Crippen LogP contribution in [0.1, 0.15) is 62.1 Å². The summed E-state index contributed by atoms with van der Waals surface area (Å²) in [5.41, 5.74) is -0.0144. The highest BCUT2D eigenvalue weighted by molar-refractivity contribution is 6.24. The van der Waals surface area contributed by atoms with Gasteiger partial charge in [-0.1, -0.05) is 18.2 Å². The number of para-hydroxylation sites is 3. The summed E-state index contributed by atoms with van der Waals surface area (Å²) in [6.07, 6.45) is 0. The fraction of sp³-hybridized carbons (Fsp3) is 0. The van der Waals surface area contributed by atoms with E-state index < -0.39 is 35.4 Å². The Morgan fingerprint density at radius 2 is 0.667 bits per heavy atom. The van der Waals surface area contributed by atoms with Gasteiger partial charge in [0.25, 0.3) is 35.4 Å². The first kappa shape index (κ1) is 24.7. The first-order chi connectivity index (χ1) is 20.3. The monoisotopic (exact) mass is 558 g/mol. The Hall–Kier alpha value is -6.30. The third-order valence-corrected chi connectivity index (χ3v) is 7.11. The van der Waals surface area contributed by atoms with Crippen molar-refractivity contribution >= 4 is 69.6 Å². The lowest BCUT2D eigenvalue weighted by atomic mass is 10.0. The van der Waals surface area contributed by atoms with Gasteiger partial charge in [-0.25, -0.2) is 0 Å². The molecule has 0 radical (unpaired) electrons. The van der Waals surface area contributed by atoms with Crippen LogP contribution in [0.5, 0.6) is 0 Å². The van der Waals surface area contributed by atoms with E-state index in [2.05, 4.69) is 31.9 Å². The highest BCUT2D eigenvalue weighted by Gasteiger charge is 2.29. The van der Waals surface area contributed by atoms with Gasteiger partial charge in [-0.15, -0.1) is 0 Å². The molecule has 4 aromatic rings. The maximum atomic E-state index is 13.7. The molecule has 12 nitrogen and oxygen atoms in total. The molecule has 12 heteroatoms. The summed E-state index contributed by atoms with van der Waals surface area (Å²) in [5.74, 6) is -4.34. The van der Waals surface area contributed by atoms with Gasteiger partial charge in [0.2, 0.25) is 0 Å². The summed E-state index contributed by atoms with van der Waals surface area (Å²) in [4.78, 5) is 81.9. The van der Waals surface area contributed by atoms with E-state index in [0.717, 1.165) is 0 Å². The van der Waals surface area contributed by atoms with Crippen LogP contribution in [0, 0.1) is 0 Å². The second-order valence-corrected chi connectivity index (χ2v) is 9.71. The number of carbonyl (C=O) groups is 6. The number of rotatable bonds is 0. The molecule has 6 N–H and O–H groups in total. The second kappa shape index (κ2) is 9.13. The largest absolute Gasteiger partial charge is 0.321 e. The Kier molecular flexibility index (Phi) is 5.37. The molecule has 4 aromatic carbocycles. The molecular formula is C30H18N6O6. The quantitative estimate of drug-likeness (QED) is 0.189. The molecule has 0 spiro atoms. The first-order valence-electron chi connectivity index (χ1n) is 12.7. The van der Waals surface area contributed by atoms with Gasteiger partial charge in [-0.05, 0) is 54.6 Å². The van der Waals surface area contributed by atoms with E-state index in [-0.39, 0.29) is 67.5 Å². The maximum Gasteiger partial charge on any atom is 0.257 e. The minimum atomic E-state index is -0.774. The molecule has 7 rings (SSSR count). The van der Waals surface area contributed by atoms with Crippen molar-refractivity contribution in [3.05, 3.63) is 106 Å². The minimum Gasteiger partial charge on any atom is -0.321 e. The number of hydrogen-bond donors (Lipinski definition) is 6. The van der Waals surface area contributed by atoms with Gasteiger partial charge >= 0.3 is 0 Å². The zero-order valence-electron chi connectivity index (χ0n) is 21.4. The average Bonchev–Trinajstić information content (AvgIpc) is 2.98. The SMILES string of the molecule is O=C1Nc2c3cccc2NC(=O)c2cccc4c2NC(=O)c2cc1cc(c2)C(=O)Nc1c(cccc1C(=O)N3)NC4=O. The van der Waals surface area contributed by atoms with Crippen LogP contribution in [0.4, 0.5) is 34.1 Å². The third-order valence-electron chi connectivity index (χ3n) is 7.11. The zero-order valence-corrected chi connectivity index (χ0v) is 21.4. The Morgan fingerprint density at radius 3 is 1.14 bits per heavy atom. The lowest BCUT2D eigenvalue weighted by Gasteiger charge is -2.18. The van der Waals surface area contributed by atoms with Gasteiger partial charge in [0.05, 0.1) is 50.8 Å². The van der Waals surface area contributed by atoms with Crippen molar-refractivity contribution in [2.75, 3.05) is 31.9 Å². The summed E-state index contributed by atoms with van der Waals surface area (Å²) in [5, 5.41) is 16.2. The van der Waals surface area contributed by atoms with Crippen molar-refractivity contribution in [1.82, 2.24) is 0 Å². The minimum absolute atomic E-state index is 0.00332. The van der Waals surface area contributed by atoms with Crippen LogP contribution in [-0.2, 0) is 0 Å². The van der Waals surface area contributed by atoms with Crippen LogP contribution in [-0.4, -0.2) is 35.4 Å². The van der Waals surface area contributed by atoms with Crippen LogP contribution in [0.3, 0.4) is 0 Å². The highest BCUT2D eigenvalue weighted by Crippen LogP contribution is 2.36. The summed E-state index contributed by atoms with van der Waals surface area (Å²) < 4.78 is 0. The second-order valence-electron chi connectivity index (χ2n) is 9.71. The fourth-order valence-corrected chi connectivity index (χ4v) is 5.09. The molecule has 3 aliphatic rings. The van der Waals surface area contributed by atoms with Crippen LogP contribution in [0.25, 0.3) is 0 Å². The van der Waals surface area contributed by atoms with E-state index in [4.69, 9.17) is 0 Å². The molecule has 3 aliphatic heterocycles. The Bertz CT molecular complexity index is 1970. The Morgan fingerprint density at radius 1 is 0.333 bits per heavy atom. The molecule has 6 bridgehead atoms. The van der Waals surface area contributed by atoms with Gasteiger partial charge in [0, 0.05) is 16.7 Å². The van der Waals surface area contributed by atoms with Crippen molar-refractivity contribution in [3.63, 3.8) is 0 Å². The summed E-state index contributed by atoms with van der Waals surface area (Å²) in [7, 11) is 0. The maximum absolute atomic E-state index is 13.7. The zero-order chi connectivity index (χ0) is 29.1. The lowest BCUT2D eigenvalue weighted by molar-refractivity contribution is 0.100. The van der Waals surface area contributed by atoms with Gasteiger partial charge in [-0.2, -0.15) is 0 Å². The number of benzene rings is 4. The third kappa shape index (κ3) is 3.93. The number of fused-ring (bicyclic) bond motifs is 3. The molecule has 0 aromatic heterocycles. The molecule has 6 amide bonds. The van der Waals surface area contributed by atoms with Crippen molar-refractivity contribution in [2.24, 2.45) is 0 Å². The standard InChI is InChI=1S/C30H18N6O6/c37-25-13-10-14-12-15(11-13)27(39)36-24-20-8-3-9-21(24)33-30(42)18-6-2-7-19(23(18)35-26(14)38)31-28(40)16-4-1-5-17(22(16)34-25)29(41)32-20/h1-12H,(H,31,40)(H,32,41)(H,33,42)(H,34,37)(H,35,38)(H,36,39). The summed E-state index contributed by atoms with van der Waals surface area (Å²) in [6.45, 7) is 0. The number of anilines is 6. The molecule has 0 saturated heterocycles. The number of amides is 6. The van der Waals surface area contributed by atoms with Gasteiger partial charge < -0.3 is 31.9 Å². The number of nitrogens with one attached hydrogen (secondary N) is 6. The van der Waals surface area contributed by atoms with E-state index in [1.165, 1.54) is 66.7 Å². The fourth-order valence-electron chi connectivity index (χ4n) is 5.09. The molecule has 0 fully saturated rings. The van der Waals surface area contributed by atoms with Crippen molar-refractivity contribution in [3.8, 4) is 0 Å². The van der Waals surface area contributed by atoms with Gasteiger partial charge in [0.15, 0.2) is 0 Å². The van der Waals surface area contributed by atoms with Crippen molar-refractivity contribution < 1.29 is 28.8 Å². The van der Waals surface area contributed by atoms with E-state index in [1.54, 1.807) is 6.07 Å². The topological polar surface area (TPSA) is 175 Å². The van der Waals surface area contributed by atoms with Crippen LogP contribution in [0.15, 0.2) is 72.8 Å². The van der Waals surface area contributed by atoms with Crippen molar-refractivity contribution in [2.45, 2.75) is 0 Å². The summed E-state index contributed by atoms with van der Waals surface area (Å²) in [6, 6.07) is 17.3. The molecule has 3 heterocycles. The number of hydrogen-bond acceptors (Lipinski definition) is 6. The lowest BCUT2D eigenvalue weighted by Crippen LogP contribution is -2.23. The van der Waals surface area contributed by atoms with Crippen LogP contribution >= 0.6 is 0 Å². The predicted octanol–water partition coefficient (Wildman–Crippen LogP) is 4.14. The smallest absolute Gasteiger partial charge is 0.257 e. The average molecular weight is 559 g/mol. The molecule has 0 atom stereocenters.